The van der Waals surface area contributed by atoms with Crippen molar-refractivity contribution in [2.45, 2.75) is 31.8 Å². The Balaban J connectivity index is 1.63. The SMILES string of the molecule is COc1ccc2c(c1)C[C@@H](NCc1ccccc1)CC2. The van der Waals surface area contributed by atoms with Gasteiger partial charge in [0.15, 0.2) is 0 Å². The fourth-order valence-corrected chi connectivity index (χ4v) is 2.89. The molecule has 3 rings (SSSR count). The van der Waals surface area contributed by atoms with E-state index in [1.807, 2.05) is 0 Å². The predicted molar refractivity (Wildman–Crippen MR) is 82.1 cm³/mol. The van der Waals surface area contributed by atoms with Crippen molar-refractivity contribution in [1.82, 2.24) is 5.32 Å². The van der Waals surface area contributed by atoms with Gasteiger partial charge in [0.05, 0.1) is 7.11 Å². The number of ether oxygens (including phenoxy) is 1. The van der Waals surface area contributed by atoms with Gasteiger partial charge in [-0.1, -0.05) is 36.4 Å². The van der Waals surface area contributed by atoms with Crippen LogP contribution >= 0.6 is 0 Å². The molecule has 1 atom stereocenters. The van der Waals surface area contributed by atoms with E-state index in [1.54, 1.807) is 7.11 Å². The standard InChI is InChI=1S/C18H21NO/c1-20-18-10-8-15-7-9-17(11-16(15)12-18)19-13-14-5-3-2-4-6-14/h2-6,8,10,12,17,19H,7,9,11,13H2,1H3/t17-/m0/s1. The Kier molecular flexibility index (Phi) is 4.03. The molecule has 2 aromatic carbocycles. The van der Waals surface area contributed by atoms with E-state index < -0.39 is 0 Å². The number of fused-ring (bicyclic) bond motifs is 1. The van der Waals surface area contributed by atoms with Gasteiger partial charge in [0.25, 0.3) is 0 Å². The van der Waals surface area contributed by atoms with E-state index in [0.717, 1.165) is 25.1 Å². The van der Waals surface area contributed by atoms with Crippen LogP contribution in [0.2, 0.25) is 0 Å². The molecule has 0 spiro atoms. The molecule has 0 radical (unpaired) electrons. The molecule has 2 heteroatoms. The number of nitrogens with one attached hydrogen (secondary N) is 1. The number of benzene rings is 2. The monoisotopic (exact) mass is 267 g/mol. The summed E-state index contributed by atoms with van der Waals surface area (Å²) in [5.74, 6) is 0.965. The van der Waals surface area contributed by atoms with Crippen molar-refractivity contribution < 1.29 is 4.74 Å². The second kappa shape index (κ2) is 6.10. The second-order valence-electron chi connectivity index (χ2n) is 5.44. The highest BCUT2D eigenvalue weighted by molar-refractivity contribution is 5.37. The highest BCUT2D eigenvalue weighted by Gasteiger charge is 2.18. The molecule has 0 amide bonds. The lowest BCUT2D eigenvalue weighted by Gasteiger charge is -2.26. The van der Waals surface area contributed by atoms with E-state index in [4.69, 9.17) is 4.74 Å². The van der Waals surface area contributed by atoms with E-state index >= 15 is 0 Å². The molecule has 2 nitrogen and oxygen atoms in total. The molecule has 0 fully saturated rings. The van der Waals surface area contributed by atoms with Crippen LogP contribution < -0.4 is 10.1 Å². The zero-order chi connectivity index (χ0) is 13.8. The Labute approximate surface area is 120 Å². The molecule has 0 aromatic heterocycles. The maximum Gasteiger partial charge on any atom is 0.119 e. The van der Waals surface area contributed by atoms with Crippen molar-refractivity contribution in [2.75, 3.05) is 7.11 Å². The zero-order valence-corrected chi connectivity index (χ0v) is 11.9. The largest absolute Gasteiger partial charge is 0.497 e. The van der Waals surface area contributed by atoms with Crippen LogP contribution in [-0.2, 0) is 19.4 Å². The Morgan fingerprint density at radius 2 is 1.95 bits per heavy atom. The van der Waals surface area contributed by atoms with Crippen LogP contribution in [0.15, 0.2) is 48.5 Å². The van der Waals surface area contributed by atoms with Crippen molar-refractivity contribution in [3.63, 3.8) is 0 Å². The van der Waals surface area contributed by atoms with Crippen molar-refractivity contribution >= 4 is 0 Å². The average Bonchev–Trinajstić information content (AvgIpc) is 2.53. The lowest BCUT2D eigenvalue weighted by molar-refractivity contribution is 0.411. The molecule has 0 heterocycles. The van der Waals surface area contributed by atoms with Crippen LogP contribution in [0.4, 0.5) is 0 Å². The fraction of sp³-hybridized carbons (Fsp3) is 0.333. The molecular formula is C18H21NO. The maximum atomic E-state index is 5.32. The smallest absolute Gasteiger partial charge is 0.119 e. The minimum atomic E-state index is 0.565. The molecular weight excluding hydrogens is 246 g/mol. The third-order valence-electron chi connectivity index (χ3n) is 4.08. The first-order valence-electron chi connectivity index (χ1n) is 7.28. The minimum absolute atomic E-state index is 0.565. The van der Waals surface area contributed by atoms with Crippen LogP contribution in [0.25, 0.3) is 0 Å². The van der Waals surface area contributed by atoms with Gasteiger partial charge in [-0.25, -0.2) is 0 Å². The van der Waals surface area contributed by atoms with Crippen LogP contribution in [0, 0.1) is 0 Å². The predicted octanol–water partition coefficient (Wildman–Crippen LogP) is 3.34. The lowest BCUT2D eigenvalue weighted by Crippen LogP contribution is -2.34. The summed E-state index contributed by atoms with van der Waals surface area (Å²) in [7, 11) is 1.73. The minimum Gasteiger partial charge on any atom is -0.497 e. The third kappa shape index (κ3) is 3.02. The van der Waals surface area contributed by atoms with Gasteiger partial charge >= 0.3 is 0 Å². The Morgan fingerprint density at radius 1 is 1.10 bits per heavy atom. The Bertz CT molecular complexity index is 565. The third-order valence-corrected chi connectivity index (χ3v) is 4.08. The van der Waals surface area contributed by atoms with E-state index in [2.05, 4.69) is 53.8 Å². The number of aryl methyl sites for hydroxylation is 1. The van der Waals surface area contributed by atoms with Crippen molar-refractivity contribution in [3.05, 3.63) is 65.2 Å². The number of methoxy groups -OCH3 is 1. The van der Waals surface area contributed by atoms with Gasteiger partial charge in [0.2, 0.25) is 0 Å². The molecule has 1 aliphatic rings. The molecule has 1 N–H and O–H groups in total. The van der Waals surface area contributed by atoms with Crippen molar-refractivity contribution in [1.29, 1.82) is 0 Å². The van der Waals surface area contributed by atoms with Gasteiger partial charge in [-0.3, -0.25) is 0 Å². The molecule has 0 aliphatic heterocycles. The van der Waals surface area contributed by atoms with E-state index in [-0.39, 0.29) is 0 Å². The first kappa shape index (κ1) is 13.2. The number of hydrogen-bond acceptors (Lipinski definition) is 2. The molecule has 0 saturated carbocycles. The summed E-state index contributed by atoms with van der Waals surface area (Å²) in [5.41, 5.74) is 4.26. The fourth-order valence-electron chi connectivity index (χ4n) is 2.89. The van der Waals surface area contributed by atoms with Crippen LogP contribution in [0.5, 0.6) is 5.75 Å². The summed E-state index contributed by atoms with van der Waals surface area (Å²) in [5, 5.41) is 3.68. The van der Waals surface area contributed by atoms with Crippen LogP contribution in [-0.4, -0.2) is 13.2 Å². The number of hydrogen-bond donors (Lipinski definition) is 1. The average molecular weight is 267 g/mol. The zero-order valence-electron chi connectivity index (χ0n) is 11.9. The summed E-state index contributed by atoms with van der Waals surface area (Å²) in [6.45, 7) is 0.949. The molecule has 1 aliphatic carbocycles. The molecule has 0 unspecified atom stereocenters. The van der Waals surface area contributed by atoms with Gasteiger partial charge < -0.3 is 10.1 Å². The topological polar surface area (TPSA) is 21.3 Å². The van der Waals surface area contributed by atoms with E-state index in [0.29, 0.717) is 6.04 Å². The highest BCUT2D eigenvalue weighted by atomic mass is 16.5. The molecule has 0 saturated heterocycles. The quantitative estimate of drug-likeness (QED) is 0.917. The molecule has 0 bridgehead atoms. The van der Waals surface area contributed by atoms with Crippen molar-refractivity contribution in [3.8, 4) is 5.75 Å². The van der Waals surface area contributed by atoms with E-state index in [1.165, 1.54) is 23.1 Å². The lowest BCUT2D eigenvalue weighted by atomic mass is 9.88. The van der Waals surface area contributed by atoms with Gasteiger partial charge in [-0.2, -0.15) is 0 Å². The van der Waals surface area contributed by atoms with Gasteiger partial charge in [0.1, 0.15) is 5.75 Å². The normalized spacial score (nSPS) is 17.6. The Morgan fingerprint density at radius 3 is 2.75 bits per heavy atom. The summed E-state index contributed by atoms with van der Waals surface area (Å²) >= 11 is 0. The number of rotatable bonds is 4. The molecule has 104 valence electrons. The second-order valence-corrected chi connectivity index (χ2v) is 5.44. The first-order valence-corrected chi connectivity index (χ1v) is 7.28. The van der Waals surface area contributed by atoms with Crippen molar-refractivity contribution in [2.24, 2.45) is 0 Å². The summed E-state index contributed by atoms with van der Waals surface area (Å²) in [6.07, 6.45) is 3.47. The van der Waals surface area contributed by atoms with Crippen LogP contribution in [0.1, 0.15) is 23.1 Å². The Hall–Kier alpha value is -1.80. The van der Waals surface area contributed by atoms with Crippen LogP contribution in [0.3, 0.4) is 0 Å². The van der Waals surface area contributed by atoms with Gasteiger partial charge in [-0.15, -0.1) is 0 Å². The summed E-state index contributed by atoms with van der Waals surface area (Å²) < 4.78 is 5.32. The molecule has 2 aromatic rings. The summed E-state index contributed by atoms with van der Waals surface area (Å²) in [6, 6.07) is 17.6. The maximum absolute atomic E-state index is 5.32. The summed E-state index contributed by atoms with van der Waals surface area (Å²) in [4.78, 5) is 0. The van der Waals surface area contributed by atoms with E-state index in [9.17, 15) is 0 Å². The highest BCUT2D eigenvalue weighted by Crippen LogP contribution is 2.25. The van der Waals surface area contributed by atoms with Gasteiger partial charge in [-0.05, 0) is 48.1 Å². The van der Waals surface area contributed by atoms with Gasteiger partial charge in [0, 0.05) is 12.6 Å². The first-order chi connectivity index (χ1) is 9.85. The molecule has 20 heavy (non-hydrogen) atoms.